The van der Waals surface area contributed by atoms with Crippen molar-refractivity contribution in [2.75, 3.05) is 28.4 Å². The first kappa shape index (κ1) is 27.8. The van der Waals surface area contributed by atoms with Gasteiger partial charge in [-0.2, -0.15) is 0 Å². The van der Waals surface area contributed by atoms with Gasteiger partial charge in [0, 0.05) is 21.5 Å². The molecular formula is C29H24ClNO7S. The van der Waals surface area contributed by atoms with Gasteiger partial charge in [-0.15, -0.1) is 0 Å². The molecule has 3 aromatic carbocycles. The summed E-state index contributed by atoms with van der Waals surface area (Å²) in [6, 6.07) is 17.0. The first-order chi connectivity index (χ1) is 18.9. The topological polar surface area (TPSA) is 93.2 Å². The van der Waals surface area contributed by atoms with E-state index in [2.05, 4.69) is 4.98 Å². The van der Waals surface area contributed by atoms with E-state index in [1.807, 2.05) is 12.1 Å². The van der Waals surface area contributed by atoms with E-state index in [4.69, 9.17) is 35.3 Å². The molecule has 0 fully saturated rings. The number of hydrogen-bond acceptors (Lipinski definition) is 9. The third-order valence-electron chi connectivity index (χ3n) is 5.56. The average Bonchev–Trinajstić information content (AvgIpc) is 2.96. The van der Waals surface area contributed by atoms with Crippen molar-refractivity contribution in [1.29, 1.82) is 0 Å². The highest BCUT2D eigenvalue weighted by Gasteiger charge is 2.19. The molecule has 0 atom stereocenters. The van der Waals surface area contributed by atoms with Crippen LogP contribution in [-0.2, 0) is 9.53 Å². The number of nitrogens with zero attached hydrogens (tertiary/aromatic N) is 1. The van der Waals surface area contributed by atoms with Gasteiger partial charge in [0.25, 0.3) is 0 Å². The Hall–Kier alpha value is -4.21. The van der Waals surface area contributed by atoms with Gasteiger partial charge < -0.3 is 23.7 Å². The summed E-state index contributed by atoms with van der Waals surface area (Å²) in [6.07, 6.45) is 3.36. The number of ether oxygens (including phenoxy) is 5. The number of carbonyl (C=O) groups excluding carboxylic acids is 2. The Morgan fingerprint density at radius 1 is 0.872 bits per heavy atom. The molecule has 0 aliphatic carbocycles. The van der Waals surface area contributed by atoms with Gasteiger partial charge in [0.2, 0.25) is 5.75 Å². The van der Waals surface area contributed by atoms with E-state index in [1.54, 1.807) is 48.7 Å². The van der Waals surface area contributed by atoms with Crippen molar-refractivity contribution in [3.05, 3.63) is 87.9 Å². The summed E-state index contributed by atoms with van der Waals surface area (Å²) in [6.45, 7) is 0. The van der Waals surface area contributed by atoms with E-state index in [0.29, 0.717) is 38.5 Å². The summed E-state index contributed by atoms with van der Waals surface area (Å²) in [7, 11) is 5.74. The van der Waals surface area contributed by atoms with Gasteiger partial charge in [0.15, 0.2) is 11.5 Å². The molecule has 0 saturated carbocycles. The fourth-order valence-corrected chi connectivity index (χ4v) is 4.86. The van der Waals surface area contributed by atoms with Crippen LogP contribution in [0, 0.1) is 0 Å². The average molecular weight is 566 g/mol. The minimum Gasteiger partial charge on any atom is -0.493 e. The molecule has 10 heteroatoms. The molecular weight excluding hydrogens is 542 g/mol. The summed E-state index contributed by atoms with van der Waals surface area (Å²) < 4.78 is 26.4. The van der Waals surface area contributed by atoms with E-state index in [-0.39, 0.29) is 5.56 Å². The smallest absolute Gasteiger partial charge is 0.344 e. The fourth-order valence-electron chi connectivity index (χ4n) is 3.68. The number of hydrogen-bond donors (Lipinski definition) is 0. The summed E-state index contributed by atoms with van der Waals surface area (Å²) in [4.78, 5) is 30.9. The number of thioether (sulfide) groups is 1. The highest BCUT2D eigenvalue weighted by Crippen LogP contribution is 2.38. The third-order valence-corrected chi connectivity index (χ3v) is 6.88. The number of carbonyl (C=O) groups is 2. The van der Waals surface area contributed by atoms with Crippen molar-refractivity contribution in [2.45, 2.75) is 4.90 Å². The predicted octanol–water partition coefficient (Wildman–Crippen LogP) is 6.44. The molecule has 0 saturated heterocycles. The van der Waals surface area contributed by atoms with E-state index < -0.39 is 11.9 Å². The van der Waals surface area contributed by atoms with Crippen molar-refractivity contribution in [2.24, 2.45) is 0 Å². The summed E-state index contributed by atoms with van der Waals surface area (Å²) in [5, 5.41) is 1.43. The lowest BCUT2D eigenvalue weighted by molar-refractivity contribution is -0.135. The maximum absolute atomic E-state index is 12.8. The fraction of sp³-hybridized carbons (Fsp3) is 0.138. The highest BCUT2D eigenvalue weighted by molar-refractivity contribution is 8.04. The zero-order chi connectivity index (χ0) is 27.9. The molecule has 4 rings (SSSR count). The predicted molar refractivity (Wildman–Crippen MR) is 150 cm³/mol. The maximum Gasteiger partial charge on any atom is 0.344 e. The van der Waals surface area contributed by atoms with E-state index in [1.165, 1.54) is 52.3 Å². The van der Waals surface area contributed by atoms with Gasteiger partial charge in [-0.05, 0) is 54.1 Å². The monoisotopic (exact) mass is 565 g/mol. The summed E-state index contributed by atoms with van der Waals surface area (Å²) >= 11 is 7.35. The highest BCUT2D eigenvalue weighted by atomic mass is 35.5. The van der Waals surface area contributed by atoms with Crippen LogP contribution in [0.5, 0.6) is 23.0 Å². The molecule has 4 aromatic rings. The van der Waals surface area contributed by atoms with Gasteiger partial charge in [-0.3, -0.25) is 4.98 Å². The summed E-state index contributed by atoms with van der Waals surface area (Å²) in [5.41, 5.74) is 1.65. The summed E-state index contributed by atoms with van der Waals surface area (Å²) in [5.74, 6) is 0.264. The number of methoxy groups -OCH3 is 4. The Morgan fingerprint density at radius 3 is 2.18 bits per heavy atom. The normalized spacial score (nSPS) is 11.2. The molecule has 1 heterocycles. The SMILES string of the molecule is COC(=O)/C(=C\c1ccc(OC(=O)c2cc(OC)c(OC)c(OC)c2)cc1)Sc1ccnc2cc(Cl)ccc12. The van der Waals surface area contributed by atoms with Gasteiger partial charge in [-0.25, -0.2) is 9.59 Å². The lowest BCUT2D eigenvalue weighted by Gasteiger charge is -2.13. The van der Waals surface area contributed by atoms with Crippen LogP contribution in [0.15, 0.2) is 76.7 Å². The molecule has 0 aliphatic rings. The Bertz CT molecular complexity index is 1530. The van der Waals surface area contributed by atoms with Crippen molar-refractivity contribution in [1.82, 2.24) is 4.98 Å². The van der Waals surface area contributed by atoms with Crippen LogP contribution in [0.2, 0.25) is 5.02 Å². The minimum absolute atomic E-state index is 0.226. The number of pyridine rings is 1. The Balaban J connectivity index is 1.56. The molecule has 0 bridgehead atoms. The maximum atomic E-state index is 12.8. The van der Waals surface area contributed by atoms with Crippen molar-refractivity contribution in [3.63, 3.8) is 0 Å². The largest absolute Gasteiger partial charge is 0.493 e. The van der Waals surface area contributed by atoms with Crippen LogP contribution < -0.4 is 18.9 Å². The van der Waals surface area contributed by atoms with E-state index in [9.17, 15) is 9.59 Å². The Labute approximate surface area is 234 Å². The molecule has 39 heavy (non-hydrogen) atoms. The number of benzene rings is 3. The van der Waals surface area contributed by atoms with Gasteiger partial charge in [-0.1, -0.05) is 41.6 Å². The van der Waals surface area contributed by atoms with Crippen molar-refractivity contribution < 1.29 is 33.3 Å². The van der Waals surface area contributed by atoms with E-state index >= 15 is 0 Å². The Morgan fingerprint density at radius 2 is 1.56 bits per heavy atom. The lowest BCUT2D eigenvalue weighted by Crippen LogP contribution is -2.09. The van der Waals surface area contributed by atoms with Gasteiger partial charge in [0.1, 0.15) is 5.75 Å². The number of fused-ring (bicyclic) bond motifs is 1. The molecule has 0 aliphatic heterocycles. The third kappa shape index (κ3) is 6.45. The number of halogens is 1. The second kappa shape index (κ2) is 12.6. The standard InChI is InChI=1S/C29H24ClNO7S/c1-34-23-14-18(15-24(35-2)27(23)36-3)28(32)38-20-8-5-17(6-9-20)13-26(29(33)37-4)39-25-11-12-31-22-16-19(30)7-10-21(22)25/h5-16H,1-4H3/b26-13+. The molecule has 0 radical (unpaired) electrons. The van der Waals surface area contributed by atoms with Crippen molar-refractivity contribution >= 4 is 52.3 Å². The molecule has 0 N–H and O–H groups in total. The molecule has 1 aromatic heterocycles. The molecule has 200 valence electrons. The minimum atomic E-state index is -0.604. The van der Waals surface area contributed by atoms with E-state index in [0.717, 1.165) is 15.8 Å². The van der Waals surface area contributed by atoms with Crippen LogP contribution in [0.3, 0.4) is 0 Å². The quantitative estimate of drug-likeness (QED) is 0.0983. The lowest BCUT2D eigenvalue weighted by atomic mass is 10.1. The molecule has 0 amide bonds. The second-order valence-corrected chi connectivity index (χ2v) is 9.47. The first-order valence-corrected chi connectivity index (χ1v) is 12.7. The zero-order valence-corrected chi connectivity index (χ0v) is 23.1. The number of esters is 2. The van der Waals surface area contributed by atoms with Crippen LogP contribution in [-0.4, -0.2) is 45.4 Å². The van der Waals surface area contributed by atoms with Crippen LogP contribution >= 0.6 is 23.4 Å². The second-order valence-electron chi connectivity index (χ2n) is 7.95. The van der Waals surface area contributed by atoms with Gasteiger partial charge >= 0.3 is 11.9 Å². The number of rotatable bonds is 9. The molecule has 0 unspecified atom stereocenters. The first-order valence-electron chi connectivity index (χ1n) is 11.5. The Kier molecular flexibility index (Phi) is 8.96. The van der Waals surface area contributed by atoms with Crippen LogP contribution in [0.1, 0.15) is 15.9 Å². The van der Waals surface area contributed by atoms with Crippen LogP contribution in [0.4, 0.5) is 0 Å². The zero-order valence-electron chi connectivity index (χ0n) is 21.5. The van der Waals surface area contributed by atoms with Crippen molar-refractivity contribution in [3.8, 4) is 23.0 Å². The van der Waals surface area contributed by atoms with Crippen LogP contribution in [0.25, 0.3) is 17.0 Å². The molecule has 8 nitrogen and oxygen atoms in total. The molecule has 0 spiro atoms. The van der Waals surface area contributed by atoms with Gasteiger partial charge in [0.05, 0.1) is 44.4 Å². The number of aromatic nitrogens is 1.